The van der Waals surface area contributed by atoms with Crippen molar-refractivity contribution < 1.29 is 23.4 Å². The molecule has 1 fully saturated rings. The highest BCUT2D eigenvalue weighted by Crippen LogP contribution is 2.44. The molecule has 0 aliphatic carbocycles. The van der Waals surface area contributed by atoms with Gasteiger partial charge in [-0.15, -0.1) is 0 Å². The maximum atomic E-state index is 14.7. The summed E-state index contributed by atoms with van der Waals surface area (Å²) in [5, 5.41) is 0. The number of fused-ring (bicyclic) bond motifs is 1. The van der Waals surface area contributed by atoms with E-state index in [1.54, 1.807) is 6.07 Å². The number of hydrogen-bond acceptors (Lipinski definition) is 5. The number of benzene rings is 2. The lowest BCUT2D eigenvalue weighted by Gasteiger charge is -2.22. The van der Waals surface area contributed by atoms with Gasteiger partial charge < -0.3 is 19.0 Å². The maximum Gasteiger partial charge on any atom is 0.231 e. The van der Waals surface area contributed by atoms with Gasteiger partial charge in [0.25, 0.3) is 0 Å². The smallest absolute Gasteiger partial charge is 0.231 e. The summed E-state index contributed by atoms with van der Waals surface area (Å²) in [6.07, 6.45) is 2.60. The van der Waals surface area contributed by atoms with Crippen LogP contribution in [0.2, 0.25) is 0 Å². The zero-order chi connectivity index (χ0) is 19.5. The number of ether oxygens (including phenoxy) is 3. The molecule has 0 unspecified atom stereocenters. The van der Waals surface area contributed by atoms with E-state index in [4.69, 9.17) is 14.2 Å². The average Bonchev–Trinajstić information content (AvgIpc) is 3.33. The van der Waals surface area contributed by atoms with Crippen molar-refractivity contribution in [1.29, 1.82) is 0 Å². The fourth-order valence-electron chi connectivity index (χ4n) is 4.03. The van der Waals surface area contributed by atoms with E-state index < -0.39 is 0 Å². The summed E-state index contributed by atoms with van der Waals surface area (Å²) < 4.78 is 31.0. The van der Waals surface area contributed by atoms with Gasteiger partial charge in [-0.3, -0.25) is 4.90 Å². The molecule has 148 valence electrons. The van der Waals surface area contributed by atoms with Gasteiger partial charge in [-0.25, -0.2) is 4.39 Å². The Labute approximate surface area is 164 Å². The molecule has 0 aromatic heterocycles. The van der Waals surface area contributed by atoms with Crippen molar-refractivity contribution in [3.05, 3.63) is 53.3 Å². The fourth-order valence-corrected chi connectivity index (χ4v) is 4.03. The molecule has 2 atom stereocenters. The summed E-state index contributed by atoms with van der Waals surface area (Å²) in [6.45, 7) is 3.82. The first-order valence-electron chi connectivity index (χ1n) is 9.69. The van der Waals surface area contributed by atoms with Gasteiger partial charge in [0.05, 0.1) is 13.2 Å². The Kier molecular flexibility index (Phi) is 5.48. The van der Waals surface area contributed by atoms with Crippen LogP contribution in [-0.4, -0.2) is 37.7 Å². The molecule has 2 aliphatic heterocycles. The number of rotatable bonds is 7. The summed E-state index contributed by atoms with van der Waals surface area (Å²) in [5.41, 5.74) is 1.72. The molecule has 0 bridgehead atoms. The standard InChI is InChI=1S/C22H24FNO4/c1-2-9-26-17-5-3-15(4-6-17)20-10-16(13-24(20)7-8-25)18-11-21-22(12-19(18)23)28-14-27-21/h3-6,8,11-12,16,20H,2,7,9-10,13-14H2,1H3/t16-,20-/m1/s1. The van der Waals surface area contributed by atoms with Crippen LogP contribution in [0.4, 0.5) is 4.39 Å². The first-order valence-corrected chi connectivity index (χ1v) is 9.69. The molecule has 0 saturated carbocycles. The van der Waals surface area contributed by atoms with Gasteiger partial charge in [0, 0.05) is 24.6 Å². The molecule has 4 rings (SSSR count). The van der Waals surface area contributed by atoms with E-state index in [1.807, 2.05) is 24.3 Å². The average molecular weight is 385 g/mol. The molecule has 2 heterocycles. The van der Waals surface area contributed by atoms with Gasteiger partial charge in [-0.05, 0) is 42.2 Å². The van der Waals surface area contributed by atoms with Crippen molar-refractivity contribution in [2.24, 2.45) is 0 Å². The normalized spacial score (nSPS) is 21.1. The Balaban J connectivity index is 1.56. The van der Waals surface area contributed by atoms with Gasteiger partial charge in [-0.1, -0.05) is 19.1 Å². The lowest BCUT2D eigenvalue weighted by Crippen LogP contribution is -2.25. The topological polar surface area (TPSA) is 48.0 Å². The molecule has 1 saturated heterocycles. The molecule has 0 radical (unpaired) electrons. The zero-order valence-electron chi connectivity index (χ0n) is 15.9. The zero-order valence-corrected chi connectivity index (χ0v) is 15.9. The van der Waals surface area contributed by atoms with Gasteiger partial charge in [0.2, 0.25) is 6.79 Å². The number of nitrogens with zero attached hydrogens (tertiary/aromatic N) is 1. The summed E-state index contributed by atoms with van der Waals surface area (Å²) in [7, 11) is 0. The second-order valence-corrected chi connectivity index (χ2v) is 7.21. The lowest BCUT2D eigenvalue weighted by molar-refractivity contribution is -0.109. The quantitative estimate of drug-likeness (QED) is 0.673. The van der Waals surface area contributed by atoms with Crippen LogP contribution >= 0.6 is 0 Å². The number of hydrogen-bond donors (Lipinski definition) is 0. The molecule has 2 aromatic carbocycles. The minimum atomic E-state index is -0.288. The minimum absolute atomic E-state index is 0.0181. The first kappa shape index (κ1) is 18.7. The summed E-state index contributed by atoms with van der Waals surface area (Å²) in [4.78, 5) is 13.3. The highest BCUT2D eigenvalue weighted by atomic mass is 19.1. The van der Waals surface area contributed by atoms with Crippen molar-refractivity contribution in [2.45, 2.75) is 31.7 Å². The highest BCUT2D eigenvalue weighted by Gasteiger charge is 2.35. The second kappa shape index (κ2) is 8.19. The molecule has 6 heteroatoms. The lowest BCUT2D eigenvalue weighted by atomic mass is 9.93. The van der Waals surface area contributed by atoms with E-state index in [-0.39, 0.29) is 24.6 Å². The maximum absolute atomic E-state index is 14.7. The van der Waals surface area contributed by atoms with E-state index in [1.165, 1.54) is 6.07 Å². The van der Waals surface area contributed by atoms with Crippen LogP contribution in [0.15, 0.2) is 36.4 Å². The molecule has 0 amide bonds. The number of carbonyl (C=O) groups excluding carboxylic acids is 1. The van der Waals surface area contributed by atoms with Gasteiger partial charge in [0.1, 0.15) is 17.9 Å². The number of aldehydes is 1. The Hall–Kier alpha value is -2.60. The third-order valence-electron chi connectivity index (χ3n) is 5.38. The molecular weight excluding hydrogens is 361 g/mol. The van der Waals surface area contributed by atoms with Crippen LogP contribution in [0.25, 0.3) is 0 Å². The van der Waals surface area contributed by atoms with E-state index >= 15 is 0 Å². The SMILES string of the molecule is CCCOc1ccc([C@H]2C[C@@H](c3cc4c(cc3F)OCO4)CN2CC=O)cc1. The molecule has 0 N–H and O–H groups in total. The Morgan fingerprint density at radius 3 is 2.68 bits per heavy atom. The van der Waals surface area contributed by atoms with Gasteiger partial charge in [0.15, 0.2) is 11.5 Å². The van der Waals surface area contributed by atoms with Crippen molar-refractivity contribution in [3.63, 3.8) is 0 Å². The molecule has 2 aliphatic rings. The van der Waals surface area contributed by atoms with Crippen LogP contribution < -0.4 is 14.2 Å². The number of carbonyl (C=O) groups is 1. The van der Waals surface area contributed by atoms with E-state index in [0.717, 1.165) is 30.4 Å². The van der Waals surface area contributed by atoms with Crippen molar-refractivity contribution in [2.75, 3.05) is 26.5 Å². The monoisotopic (exact) mass is 385 g/mol. The van der Waals surface area contributed by atoms with E-state index in [0.29, 0.717) is 36.8 Å². The molecule has 28 heavy (non-hydrogen) atoms. The molecule has 2 aromatic rings. The first-order chi connectivity index (χ1) is 13.7. The Bertz CT molecular complexity index is 839. The fraction of sp³-hybridized carbons (Fsp3) is 0.409. The van der Waals surface area contributed by atoms with Crippen LogP contribution in [0.1, 0.15) is 42.9 Å². The highest BCUT2D eigenvalue weighted by molar-refractivity contribution is 5.53. The Morgan fingerprint density at radius 1 is 1.21 bits per heavy atom. The summed E-state index contributed by atoms with van der Waals surface area (Å²) >= 11 is 0. The number of halogens is 1. The largest absolute Gasteiger partial charge is 0.494 e. The molecular formula is C22H24FNO4. The molecule has 5 nitrogen and oxygen atoms in total. The van der Waals surface area contributed by atoms with E-state index in [9.17, 15) is 9.18 Å². The summed E-state index contributed by atoms with van der Waals surface area (Å²) in [6, 6.07) is 11.2. The predicted octanol–water partition coefficient (Wildman–Crippen LogP) is 4.07. The van der Waals surface area contributed by atoms with Crippen LogP contribution in [-0.2, 0) is 4.79 Å². The minimum Gasteiger partial charge on any atom is -0.494 e. The van der Waals surface area contributed by atoms with Crippen molar-refractivity contribution in [3.8, 4) is 17.2 Å². The summed E-state index contributed by atoms with van der Waals surface area (Å²) in [5.74, 6) is 1.56. The van der Waals surface area contributed by atoms with Crippen LogP contribution in [0, 0.1) is 5.82 Å². The predicted molar refractivity (Wildman–Crippen MR) is 102 cm³/mol. The third kappa shape index (κ3) is 3.69. The van der Waals surface area contributed by atoms with Crippen LogP contribution in [0.5, 0.6) is 17.2 Å². The Morgan fingerprint density at radius 2 is 1.96 bits per heavy atom. The van der Waals surface area contributed by atoms with Crippen molar-refractivity contribution >= 4 is 6.29 Å². The van der Waals surface area contributed by atoms with E-state index in [2.05, 4.69) is 11.8 Å². The molecule has 0 spiro atoms. The third-order valence-corrected chi connectivity index (χ3v) is 5.38. The van der Waals surface area contributed by atoms with Gasteiger partial charge in [-0.2, -0.15) is 0 Å². The van der Waals surface area contributed by atoms with Crippen molar-refractivity contribution in [1.82, 2.24) is 4.90 Å². The van der Waals surface area contributed by atoms with Crippen LogP contribution in [0.3, 0.4) is 0 Å². The second-order valence-electron chi connectivity index (χ2n) is 7.21. The number of likely N-dealkylation sites (tertiary alicyclic amines) is 1. The van der Waals surface area contributed by atoms with Gasteiger partial charge >= 0.3 is 0 Å².